The van der Waals surface area contributed by atoms with E-state index in [0.29, 0.717) is 11.3 Å². The molecule has 0 saturated carbocycles. The van der Waals surface area contributed by atoms with Gasteiger partial charge in [0.15, 0.2) is 5.78 Å². The Balaban J connectivity index is 1.95. The molecule has 6 nitrogen and oxygen atoms in total. The lowest BCUT2D eigenvalue weighted by Gasteiger charge is -2.24. The van der Waals surface area contributed by atoms with Crippen LogP contribution < -0.4 is 9.62 Å². The van der Waals surface area contributed by atoms with Crippen molar-refractivity contribution in [3.05, 3.63) is 89.7 Å². The first-order valence-electron chi connectivity index (χ1n) is 9.43. The zero-order chi connectivity index (χ0) is 22.6. The Hall–Kier alpha value is -3.52. The maximum atomic E-state index is 14.5. The molecule has 160 valence electrons. The number of hydrogen-bond acceptors (Lipinski definition) is 4. The highest BCUT2D eigenvalue weighted by atomic mass is 32.2. The summed E-state index contributed by atoms with van der Waals surface area (Å²) in [5, 5.41) is 2.57. The summed E-state index contributed by atoms with van der Waals surface area (Å²) in [7, 11) is -4.22. The fourth-order valence-corrected chi connectivity index (χ4v) is 4.37. The van der Waals surface area contributed by atoms with Crippen molar-refractivity contribution >= 4 is 33.1 Å². The number of para-hydroxylation sites is 1. The highest BCUT2D eigenvalue weighted by Crippen LogP contribution is 2.26. The third kappa shape index (κ3) is 5.16. The van der Waals surface area contributed by atoms with E-state index in [4.69, 9.17) is 0 Å². The van der Waals surface area contributed by atoms with Gasteiger partial charge in [0.2, 0.25) is 5.91 Å². The van der Waals surface area contributed by atoms with E-state index in [1.807, 2.05) is 6.92 Å². The molecule has 31 heavy (non-hydrogen) atoms. The Kier molecular flexibility index (Phi) is 6.50. The molecule has 0 unspecified atom stereocenters. The van der Waals surface area contributed by atoms with Crippen LogP contribution >= 0.6 is 0 Å². The van der Waals surface area contributed by atoms with Crippen LogP contribution in [0.3, 0.4) is 0 Å². The number of sulfonamides is 1. The van der Waals surface area contributed by atoms with Gasteiger partial charge in [0, 0.05) is 11.3 Å². The van der Waals surface area contributed by atoms with Crippen molar-refractivity contribution in [2.75, 3.05) is 16.2 Å². The standard InChI is InChI=1S/C23H21FN2O4S/c1-16-10-12-20(13-11-16)31(29,30)26(22-9-4-3-8-21(22)24)15-23(28)25-19-7-5-6-18(14-19)17(2)27/h3-14H,15H2,1-2H3,(H,25,28). The Labute approximate surface area is 180 Å². The van der Waals surface area contributed by atoms with Crippen molar-refractivity contribution in [1.82, 2.24) is 0 Å². The van der Waals surface area contributed by atoms with Gasteiger partial charge in [-0.1, -0.05) is 42.0 Å². The second-order valence-corrected chi connectivity index (χ2v) is 8.82. The summed E-state index contributed by atoms with van der Waals surface area (Å²) in [5.74, 6) is -1.63. The number of hydrogen-bond donors (Lipinski definition) is 1. The molecular formula is C23H21FN2O4S. The molecule has 0 saturated heterocycles. The first-order chi connectivity index (χ1) is 14.7. The summed E-state index contributed by atoms with van der Waals surface area (Å²) in [6.45, 7) is 2.56. The van der Waals surface area contributed by atoms with Crippen LogP contribution in [0.25, 0.3) is 0 Å². The lowest BCUT2D eigenvalue weighted by Crippen LogP contribution is -2.38. The van der Waals surface area contributed by atoms with E-state index in [-0.39, 0.29) is 16.4 Å². The number of Topliss-reactive ketones (excluding diaryl/α,β-unsaturated/α-hetero) is 1. The zero-order valence-electron chi connectivity index (χ0n) is 17.0. The number of carbonyl (C=O) groups is 2. The minimum absolute atomic E-state index is 0.0623. The minimum atomic E-state index is -4.22. The first kappa shape index (κ1) is 22.2. The molecular weight excluding hydrogens is 419 g/mol. The summed E-state index contributed by atoms with van der Waals surface area (Å²) >= 11 is 0. The molecule has 3 rings (SSSR count). The van der Waals surface area contributed by atoms with Crippen LogP contribution in [0, 0.1) is 12.7 Å². The van der Waals surface area contributed by atoms with E-state index in [1.165, 1.54) is 43.3 Å². The van der Waals surface area contributed by atoms with Gasteiger partial charge < -0.3 is 5.32 Å². The lowest BCUT2D eigenvalue weighted by atomic mass is 10.1. The van der Waals surface area contributed by atoms with Crippen molar-refractivity contribution in [1.29, 1.82) is 0 Å². The minimum Gasteiger partial charge on any atom is -0.324 e. The molecule has 0 spiro atoms. The van der Waals surface area contributed by atoms with E-state index in [9.17, 15) is 22.4 Å². The van der Waals surface area contributed by atoms with Crippen LogP contribution in [0.5, 0.6) is 0 Å². The number of amides is 1. The monoisotopic (exact) mass is 440 g/mol. The maximum Gasteiger partial charge on any atom is 0.264 e. The number of anilines is 2. The van der Waals surface area contributed by atoms with Crippen LogP contribution in [0.4, 0.5) is 15.8 Å². The predicted molar refractivity (Wildman–Crippen MR) is 117 cm³/mol. The molecule has 0 aliphatic carbocycles. The Bertz CT molecular complexity index is 1220. The second kappa shape index (κ2) is 9.09. The van der Waals surface area contributed by atoms with Crippen molar-refractivity contribution in [2.45, 2.75) is 18.7 Å². The number of aryl methyl sites for hydroxylation is 1. The van der Waals surface area contributed by atoms with E-state index in [1.54, 1.807) is 30.3 Å². The average Bonchev–Trinajstić information content (AvgIpc) is 2.73. The van der Waals surface area contributed by atoms with Gasteiger partial charge >= 0.3 is 0 Å². The number of ketones is 1. The van der Waals surface area contributed by atoms with Crippen LogP contribution in [0.15, 0.2) is 77.7 Å². The molecule has 0 atom stereocenters. The van der Waals surface area contributed by atoms with Gasteiger partial charge in [-0.25, -0.2) is 12.8 Å². The number of halogens is 1. The SMILES string of the molecule is CC(=O)c1cccc(NC(=O)CN(c2ccccc2F)S(=O)(=O)c2ccc(C)cc2)c1. The number of nitrogens with zero attached hydrogens (tertiary/aromatic N) is 1. The molecule has 0 radical (unpaired) electrons. The van der Waals surface area contributed by atoms with Crippen LogP contribution in [-0.2, 0) is 14.8 Å². The molecule has 0 aliphatic rings. The fourth-order valence-electron chi connectivity index (χ4n) is 2.94. The van der Waals surface area contributed by atoms with Crippen molar-refractivity contribution in [2.24, 2.45) is 0 Å². The molecule has 1 N–H and O–H groups in total. The van der Waals surface area contributed by atoms with Crippen molar-refractivity contribution < 1.29 is 22.4 Å². The molecule has 3 aromatic carbocycles. The normalized spacial score (nSPS) is 11.1. The molecule has 3 aromatic rings. The third-order valence-corrected chi connectivity index (χ3v) is 6.34. The fraction of sp³-hybridized carbons (Fsp3) is 0.130. The average molecular weight is 440 g/mol. The summed E-state index contributed by atoms with van der Waals surface area (Å²) in [6, 6.07) is 17.7. The highest BCUT2D eigenvalue weighted by Gasteiger charge is 2.29. The maximum absolute atomic E-state index is 14.5. The molecule has 0 bridgehead atoms. The number of nitrogens with one attached hydrogen (secondary N) is 1. The van der Waals surface area contributed by atoms with Crippen molar-refractivity contribution in [3.63, 3.8) is 0 Å². The zero-order valence-corrected chi connectivity index (χ0v) is 17.8. The number of rotatable bonds is 7. The topological polar surface area (TPSA) is 83.6 Å². The third-order valence-electron chi connectivity index (χ3n) is 4.57. The van der Waals surface area contributed by atoms with Crippen LogP contribution in [0.1, 0.15) is 22.8 Å². The molecule has 0 aliphatic heterocycles. The molecule has 0 heterocycles. The molecule has 0 fully saturated rings. The quantitative estimate of drug-likeness (QED) is 0.559. The highest BCUT2D eigenvalue weighted by molar-refractivity contribution is 7.92. The van der Waals surface area contributed by atoms with Gasteiger partial charge in [0.05, 0.1) is 10.6 Å². The van der Waals surface area contributed by atoms with Gasteiger partial charge in [-0.2, -0.15) is 0 Å². The van der Waals surface area contributed by atoms with Gasteiger partial charge in [0.1, 0.15) is 12.4 Å². The van der Waals surface area contributed by atoms with Crippen LogP contribution in [-0.4, -0.2) is 26.7 Å². The van der Waals surface area contributed by atoms with Gasteiger partial charge in [-0.05, 0) is 50.2 Å². The number of benzene rings is 3. The second-order valence-electron chi connectivity index (χ2n) is 6.96. The van der Waals surface area contributed by atoms with E-state index < -0.39 is 28.3 Å². The van der Waals surface area contributed by atoms with E-state index >= 15 is 0 Å². The van der Waals surface area contributed by atoms with Gasteiger partial charge in [-0.15, -0.1) is 0 Å². The lowest BCUT2D eigenvalue weighted by molar-refractivity contribution is -0.114. The molecule has 8 heteroatoms. The van der Waals surface area contributed by atoms with Crippen molar-refractivity contribution in [3.8, 4) is 0 Å². The van der Waals surface area contributed by atoms with Crippen LogP contribution in [0.2, 0.25) is 0 Å². The van der Waals surface area contributed by atoms with E-state index in [2.05, 4.69) is 5.32 Å². The summed E-state index contributed by atoms with van der Waals surface area (Å²) < 4.78 is 41.8. The predicted octanol–water partition coefficient (Wildman–Crippen LogP) is 4.17. The summed E-state index contributed by atoms with van der Waals surface area (Å²) in [5.41, 5.74) is 1.35. The summed E-state index contributed by atoms with van der Waals surface area (Å²) in [4.78, 5) is 24.2. The van der Waals surface area contributed by atoms with Gasteiger partial charge in [0.25, 0.3) is 10.0 Å². The number of carbonyl (C=O) groups excluding carboxylic acids is 2. The molecule has 0 aromatic heterocycles. The first-order valence-corrected chi connectivity index (χ1v) is 10.9. The Morgan fingerprint density at radius 3 is 2.29 bits per heavy atom. The largest absolute Gasteiger partial charge is 0.324 e. The van der Waals surface area contributed by atoms with E-state index in [0.717, 1.165) is 15.9 Å². The smallest absolute Gasteiger partial charge is 0.264 e. The van der Waals surface area contributed by atoms with Gasteiger partial charge in [-0.3, -0.25) is 13.9 Å². The molecule has 1 amide bonds. The Morgan fingerprint density at radius 1 is 0.968 bits per heavy atom. The summed E-state index contributed by atoms with van der Waals surface area (Å²) in [6.07, 6.45) is 0. The Morgan fingerprint density at radius 2 is 1.65 bits per heavy atom.